The van der Waals surface area contributed by atoms with Gasteiger partial charge in [-0.1, -0.05) is 0 Å². The fourth-order valence-electron chi connectivity index (χ4n) is 0.769. The average molecular weight is 168 g/mol. The number of aliphatic carboxylic acids is 1. The number of carbonyl (C=O) groups is 2. The monoisotopic (exact) mass is 168 g/mol. The second kappa shape index (κ2) is 3.19. The molecule has 4 N–H and O–H groups in total. The molecule has 0 amide bonds. The first-order chi connectivity index (χ1) is 5.63. The summed E-state index contributed by atoms with van der Waals surface area (Å²) >= 11 is 0. The van der Waals surface area contributed by atoms with E-state index in [9.17, 15) is 9.59 Å². The fraction of sp³-hybridized carbons (Fsp3) is 0.143. The molecule has 5 heteroatoms. The van der Waals surface area contributed by atoms with E-state index in [1.807, 2.05) is 0 Å². The lowest BCUT2D eigenvalue weighted by Crippen LogP contribution is -2.38. The van der Waals surface area contributed by atoms with Crippen LogP contribution in [-0.4, -0.2) is 27.9 Å². The lowest BCUT2D eigenvalue weighted by molar-refractivity contribution is -0.137. The Labute approximate surface area is 68.2 Å². The summed E-state index contributed by atoms with van der Waals surface area (Å²) in [4.78, 5) is 24.0. The molecule has 1 aromatic rings. The van der Waals surface area contributed by atoms with Gasteiger partial charge in [0.05, 0.1) is 0 Å². The number of carboxylic acids is 1. The Bertz CT molecular complexity index is 292. The Hall–Kier alpha value is -1.62. The minimum absolute atomic E-state index is 0.282. The molecule has 0 fully saturated rings. The van der Waals surface area contributed by atoms with Crippen LogP contribution in [-0.2, 0) is 4.79 Å². The molecule has 12 heavy (non-hydrogen) atoms. The minimum atomic E-state index is -1.47. The first kappa shape index (κ1) is 8.48. The number of nitrogens with two attached hydrogens (primary N) is 1. The number of carboxylic acid groups (broad SMARTS) is 1. The molecule has 0 saturated carbocycles. The molecule has 1 heterocycles. The maximum atomic E-state index is 11.1. The highest BCUT2D eigenvalue weighted by Crippen LogP contribution is 2.00. The first-order valence-corrected chi connectivity index (χ1v) is 3.28. The molecule has 1 aromatic heterocycles. The molecule has 0 aliphatic rings. The first-order valence-electron chi connectivity index (χ1n) is 3.28. The van der Waals surface area contributed by atoms with E-state index in [0.29, 0.717) is 0 Å². The molecule has 1 unspecified atom stereocenters. The molecule has 1 rings (SSSR count). The van der Waals surface area contributed by atoms with Crippen molar-refractivity contribution in [2.75, 3.05) is 0 Å². The molecule has 1 atom stereocenters. The molecule has 0 saturated heterocycles. The van der Waals surface area contributed by atoms with Crippen molar-refractivity contribution in [1.82, 2.24) is 4.98 Å². The second-order valence-electron chi connectivity index (χ2n) is 2.28. The van der Waals surface area contributed by atoms with Crippen molar-refractivity contribution < 1.29 is 14.7 Å². The van der Waals surface area contributed by atoms with Gasteiger partial charge in [-0.2, -0.15) is 0 Å². The number of hydrogen-bond acceptors (Lipinski definition) is 3. The van der Waals surface area contributed by atoms with Gasteiger partial charge in [0.2, 0.25) is 0 Å². The zero-order chi connectivity index (χ0) is 9.14. The maximum Gasteiger partial charge on any atom is 0.328 e. The average Bonchev–Trinajstić information content (AvgIpc) is 2.53. The summed E-state index contributed by atoms with van der Waals surface area (Å²) in [7, 11) is 0. The number of carbonyl (C=O) groups excluding carboxylic acids is 1. The standard InChI is InChI=1S/C7H8N2O3/c8-5(7(11)12)6(10)4-1-2-9-3-4/h1-3,5,9H,8H2,(H,11,12). The number of H-pyrrole nitrogens is 1. The van der Waals surface area contributed by atoms with Crippen LogP contribution in [0.4, 0.5) is 0 Å². The molecular weight excluding hydrogens is 160 g/mol. The van der Waals surface area contributed by atoms with Crippen LogP contribution in [0.1, 0.15) is 10.4 Å². The van der Waals surface area contributed by atoms with Gasteiger partial charge in [0, 0.05) is 18.0 Å². The molecule has 0 bridgehead atoms. The molecule has 0 aliphatic heterocycles. The third-order valence-corrected chi connectivity index (χ3v) is 1.43. The van der Waals surface area contributed by atoms with Crippen molar-refractivity contribution in [2.24, 2.45) is 5.73 Å². The highest BCUT2D eigenvalue weighted by atomic mass is 16.4. The number of nitrogens with one attached hydrogen (secondary N) is 1. The lowest BCUT2D eigenvalue weighted by Gasteiger charge is -2.01. The highest BCUT2D eigenvalue weighted by Gasteiger charge is 2.22. The van der Waals surface area contributed by atoms with Gasteiger partial charge >= 0.3 is 5.97 Å². The maximum absolute atomic E-state index is 11.1. The van der Waals surface area contributed by atoms with Gasteiger partial charge < -0.3 is 15.8 Å². The van der Waals surface area contributed by atoms with Gasteiger partial charge in [0.15, 0.2) is 11.8 Å². The topological polar surface area (TPSA) is 96.2 Å². The van der Waals surface area contributed by atoms with Gasteiger partial charge in [-0.25, -0.2) is 0 Å². The van der Waals surface area contributed by atoms with Crippen LogP contribution < -0.4 is 5.73 Å². The summed E-state index contributed by atoms with van der Waals surface area (Å²) in [6.45, 7) is 0. The summed E-state index contributed by atoms with van der Waals surface area (Å²) in [5, 5.41) is 8.40. The normalized spacial score (nSPS) is 12.4. The van der Waals surface area contributed by atoms with E-state index in [1.54, 1.807) is 0 Å². The number of rotatable bonds is 3. The summed E-state index contributed by atoms with van der Waals surface area (Å²) in [6, 6.07) is 0.00583. The predicted molar refractivity (Wildman–Crippen MR) is 40.7 cm³/mol. The zero-order valence-electron chi connectivity index (χ0n) is 6.15. The van der Waals surface area contributed by atoms with Crippen LogP contribution in [0, 0.1) is 0 Å². The Morgan fingerprint density at radius 2 is 2.25 bits per heavy atom. The molecule has 0 aromatic carbocycles. The molecule has 0 aliphatic carbocycles. The van der Waals surface area contributed by atoms with Crippen molar-refractivity contribution in [1.29, 1.82) is 0 Å². The number of aromatic nitrogens is 1. The van der Waals surface area contributed by atoms with E-state index >= 15 is 0 Å². The largest absolute Gasteiger partial charge is 0.480 e. The Morgan fingerprint density at radius 3 is 2.67 bits per heavy atom. The molecule has 0 spiro atoms. The van der Waals surface area contributed by atoms with Crippen LogP contribution >= 0.6 is 0 Å². The van der Waals surface area contributed by atoms with Crippen LogP contribution in [0.5, 0.6) is 0 Å². The van der Waals surface area contributed by atoms with Gasteiger partial charge in [-0.3, -0.25) is 9.59 Å². The zero-order valence-corrected chi connectivity index (χ0v) is 6.15. The Morgan fingerprint density at radius 1 is 1.58 bits per heavy atom. The van der Waals surface area contributed by atoms with Crippen molar-refractivity contribution in [3.05, 3.63) is 24.0 Å². The third kappa shape index (κ3) is 1.51. The molecule has 0 radical (unpaired) electrons. The van der Waals surface area contributed by atoms with Gasteiger partial charge in [-0.05, 0) is 6.07 Å². The predicted octanol–water partition coefficient (Wildman–Crippen LogP) is -0.391. The van der Waals surface area contributed by atoms with Crippen LogP contribution in [0.25, 0.3) is 0 Å². The minimum Gasteiger partial charge on any atom is -0.480 e. The van der Waals surface area contributed by atoms with Crippen molar-refractivity contribution in [3.8, 4) is 0 Å². The smallest absolute Gasteiger partial charge is 0.328 e. The van der Waals surface area contributed by atoms with Crippen LogP contribution in [0.15, 0.2) is 18.5 Å². The molecular formula is C7H8N2O3. The van der Waals surface area contributed by atoms with E-state index in [-0.39, 0.29) is 5.56 Å². The van der Waals surface area contributed by atoms with E-state index in [4.69, 9.17) is 10.8 Å². The lowest BCUT2D eigenvalue weighted by atomic mass is 10.1. The fourth-order valence-corrected chi connectivity index (χ4v) is 0.769. The number of aromatic amines is 1. The van der Waals surface area contributed by atoms with E-state index in [1.165, 1.54) is 18.5 Å². The number of hydrogen-bond donors (Lipinski definition) is 3. The van der Waals surface area contributed by atoms with Crippen LogP contribution in [0.2, 0.25) is 0 Å². The number of Topliss-reactive ketones (excluding diaryl/α,β-unsaturated/α-hetero) is 1. The summed E-state index contributed by atoms with van der Waals surface area (Å²) in [5.74, 6) is -1.91. The highest BCUT2D eigenvalue weighted by molar-refractivity contribution is 6.11. The van der Waals surface area contributed by atoms with Crippen molar-refractivity contribution >= 4 is 11.8 Å². The van der Waals surface area contributed by atoms with Crippen LogP contribution in [0.3, 0.4) is 0 Å². The summed E-state index contributed by atoms with van der Waals surface area (Å²) in [6.07, 6.45) is 2.94. The SMILES string of the molecule is NC(C(=O)O)C(=O)c1cc[nH]c1. The Balaban J connectivity index is 2.79. The van der Waals surface area contributed by atoms with Crippen molar-refractivity contribution in [2.45, 2.75) is 6.04 Å². The van der Waals surface area contributed by atoms with E-state index in [0.717, 1.165) is 0 Å². The van der Waals surface area contributed by atoms with Gasteiger partial charge in [-0.15, -0.1) is 0 Å². The quantitative estimate of drug-likeness (QED) is 0.423. The van der Waals surface area contributed by atoms with Crippen molar-refractivity contribution in [3.63, 3.8) is 0 Å². The summed E-state index contributed by atoms with van der Waals surface area (Å²) in [5.41, 5.74) is 5.37. The van der Waals surface area contributed by atoms with Gasteiger partial charge in [0.1, 0.15) is 0 Å². The van der Waals surface area contributed by atoms with E-state index in [2.05, 4.69) is 4.98 Å². The third-order valence-electron chi connectivity index (χ3n) is 1.43. The summed E-state index contributed by atoms with van der Waals surface area (Å²) < 4.78 is 0. The van der Waals surface area contributed by atoms with Gasteiger partial charge in [0.25, 0.3) is 0 Å². The second-order valence-corrected chi connectivity index (χ2v) is 2.28. The molecule has 5 nitrogen and oxygen atoms in total. The van der Waals surface area contributed by atoms with E-state index < -0.39 is 17.8 Å². The molecule has 64 valence electrons. The number of ketones is 1. The Kier molecular flexibility index (Phi) is 2.25.